The molecule has 0 aliphatic carbocycles. The van der Waals surface area contributed by atoms with E-state index in [1.54, 1.807) is 0 Å². The van der Waals surface area contributed by atoms with Gasteiger partial charge in [-0.3, -0.25) is 0 Å². The molecule has 0 spiro atoms. The molecule has 21 nitrogen and oxygen atoms in total. The van der Waals surface area contributed by atoms with Crippen LogP contribution in [0.1, 0.15) is 0 Å². The van der Waals surface area contributed by atoms with Gasteiger partial charge in [-0.1, -0.05) is 0 Å². The summed E-state index contributed by atoms with van der Waals surface area (Å²) in [5.74, 6) is -6.09. The molecular formula is C18H33O21Sb. The molecule has 0 saturated heterocycles. The number of rotatable bonds is 18. The number of carbonyl (C=O) groups excluding carboxylic acids is 3. The molecule has 0 aliphatic rings. The van der Waals surface area contributed by atoms with Crippen molar-refractivity contribution in [2.24, 2.45) is 0 Å². The molecule has 0 rings (SSSR count). The Bertz CT molecular complexity index is 687. The van der Waals surface area contributed by atoms with E-state index in [-0.39, 0.29) is 0 Å². The van der Waals surface area contributed by atoms with Crippen molar-refractivity contribution < 1.29 is 100 Å². The molecule has 0 aromatic rings. The standard InChI is InChI=1S/3C6H12O7.Sb/c3*7-1-2(8)3(9)4(10)5(11)6(12)13;/h3*2-5,7-11H,1H2,(H,12,13);/q;;;+3/p-3/t3*2-,3-,4+,5-;/m000./s1. The van der Waals surface area contributed by atoms with Crippen molar-refractivity contribution >= 4 is 39.4 Å². The molecule has 0 aromatic heterocycles. The normalized spacial score (nSPS) is 21.0. The molecule has 22 heteroatoms. The van der Waals surface area contributed by atoms with Crippen LogP contribution in [0.2, 0.25) is 0 Å². The molecule has 0 bridgehead atoms. The van der Waals surface area contributed by atoms with Crippen LogP contribution in [0.25, 0.3) is 0 Å². The molecule has 0 heterocycles. The van der Waals surface area contributed by atoms with E-state index in [2.05, 4.69) is 9.05 Å². The molecule has 0 radical (unpaired) electrons. The SMILES string of the molecule is O=C([O][Sb]([O]C(=O)[C@@H](O)[C@H](O)[C@@H](O)[C@@H](O)CO)[O]C(=O)[C@@H](O)[C@H](O)[C@@H](O)[C@@H](O)CO)[C@@H](O)[C@H](O)[C@@H](O)[C@@H](O)CO. The van der Waals surface area contributed by atoms with E-state index < -0.39 is 132 Å². The Balaban J connectivity index is 5.86. The van der Waals surface area contributed by atoms with E-state index in [4.69, 9.17) is 15.3 Å². The number of hydrogen-bond donors (Lipinski definition) is 15. The topological polar surface area (TPSA) is 382 Å². The van der Waals surface area contributed by atoms with Gasteiger partial charge in [-0.25, -0.2) is 0 Å². The summed E-state index contributed by atoms with van der Waals surface area (Å²) in [4.78, 5) is 36.6. The minimum atomic E-state index is -5.39. The monoisotopic (exact) mass is 706 g/mol. The molecular weight excluding hydrogens is 674 g/mol. The number of carbonyl (C=O) groups is 3. The first kappa shape index (κ1) is 38.6. The Labute approximate surface area is 232 Å². The first-order valence-electron chi connectivity index (χ1n) is 10.9. The van der Waals surface area contributed by atoms with Crippen molar-refractivity contribution in [2.75, 3.05) is 19.8 Å². The Kier molecular flexibility index (Phi) is 17.6. The molecule has 0 saturated carbocycles. The van der Waals surface area contributed by atoms with Gasteiger partial charge < -0.3 is 0 Å². The van der Waals surface area contributed by atoms with Crippen molar-refractivity contribution in [1.29, 1.82) is 0 Å². The molecule has 0 amide bonds. The third kappa shape index (κ3) is 11.1. The number of aliphatic hydroxyl groups excluding tert-OH is 15. The predicted molar refractivity (Wildman–Crippen MR) is 117 cm³/mol. The zero-order chi connectivity index (χ0) is 31.5. The van der Waals surface area contributed by atoms with E-state index in [9.17, 15) is 75.7 Å². The third-order valence-electron chi connectivity index (χ3n) is 4.98. The number of hydrogen-bond acceptors (Lipinski definition) is 21. The molecule has 0 unspecified atom stereocenters. The van der Waals surface area contributed by atoms with E-state index in [1.807, 2.05) is 0 Å². The van der Waals surface area contributed by atoms with E-state index in [0.717, 1.165) is 0 Å². The zero-order valence-electron chi connectivity index (χ0n) is 20.2. The van der Waals surface area contributed by atoms with E-state index >= 15 is 0 Å². The summed E-state index contributed by atoms with van der Waals surface area (Å²) in [5, 5.41) is 142. The van der Waals surface area contributed by atoms with E-state index in [1.165, 1.54) is 0 Å². The molecule has 40 heavy (non-hydrogen) atoms. The first-order chi connectivity index (χ1) is 18.5. The molecule has 0 aliphatic heterocycles. The molecule has 0 fully saturated rings. The van der Waals surface area contributed by atoms with Gasteiger partial charge in [-0.15, -0.1) is 0 Å². The van der Waals surface area contributed by atoms with Crippen LogP contribution in [-0.4, -0.2) is 209 Å². The Morgan fingerprint density at radius 3 is 0.800 bits per heavy atom. The van der Waals surface area contributed by atoms with Gasteiger partial charge in [-0.05, 0) is 0 Å². The fourth-order valence-electron chi connectivity index (χ4n) is 2.42. The van der Waals surface area contributed by atoms with Crippen molar-refractivity contribution in [3.05, 3.63) is 0 Å². The Morgan fingerprint density at radius 2 is 0.625 bits per heavy atom. The van der Waals surface area contributed by atoms with Crippen LogP contribution in [0.3, 0.4) is 0 Å². The van der Waals surface area contributed by atoms with Gasteiger partial charge in [-0.2, -0.15) is 0 Å². The van der Waals surface area contributed by atoms with Crippen molar-refractivity contribution in [3.63, 3.8) is 0 Å². The molecule has 12 atom stereocenters. The van der Waals surface area contributed by atoms with E-state index in [0.29, 0.717) is 0 Å². The summed E-state index contributed by atoms with van der Waals surface area (Å²) in [6, 6.07) is 0. The number of aliphatic hydroxyl groups is 15. The summed E-state index contributed by atoms with van der Waals surface area (Å²) in [6.45, 7) is -3.45. The second-order valence-electron chi connectivity index (χ2n) is 7.98. The van der Waals surface area contributed by atoms with Gasteiger partial charge in [0, 0.05) is 0 Å². The van der Waals surface area contributed by atoms with Crippen molar-refractivity contribution in [3.8, 4) is 0 Å². The Morgan fingerprint density at radius 1 is 0.425 bits per heavy atom. The van der Waals surface area contributed by atoms with Gasteiger partial charge >= 0.3 is 232 Å². The second kappa shape index (κ2) is 18.2. The summed E-state index contributed by atoms with van der Waals surface area (Å²) in [6.07, 6.45) is -29.5. The van der Waals surface area contributed by atoms with Gasteiger partial charge in [0.1, 0.15) is 0 Å². The second-order valence-corrected chi connectivity index (χ2v) is 10.8. The van der Waals surface area contributed by atoms with Crippen LogP contribution in [0.4, 0.5) is 0 Å². The van der Waals surface area contributed by atoms with Gasteiger partial charge in [0.05, 0.1) is 0 Å². The summed E-state index contributed by atoms with van der Waals surface area (Å²) in [5.41, 5.74) is 0. The average Bonchev–Trinajstić information content (AvgIpc) is 2.95. The third-order valence-corrected chi connectivity index (χ3v) is 7.80. The van der Waals surface area contributed by atoms with Crippen LogP contribution in [0.15, 0.2) is 0 Å². The average molecular weight is 707 g/mol. The van der Waals surface area contributed by atoms with Crippen LogP contribution in [0, 0.1) is 0 Å². The quantitative estimate of drug-likeness (QED) is 0.0588. The van der Waals surface area contributed by atoms with Crippen molar-refractivity contribution in [1.82, 2.24) is 0 Å². The fraction of sp³-hybridized carbons (Fsp3) is 0.833. The van der Waals surface area contributed by atoms with Crippen LogP contribution >= 0.6 is 0 Å². The fourth-order valence-corrected chi connectivity index (χ4v) is 4.93. The Hall–Kier alpha value is -1.37. The molecule has 236 valence electrons. The first-order valence-corrected chi connectivity index (χ1v) is 14.0. The molecule has 15 N–H and O–H groups in total. The summed E-state index contributed by atoms with van der Waals surface area (Å²) in [7, 11) is 0. The van der Waals surface area contributed by atoms with Crippen LogP contribution in [0.5, 0.6) is 0 Å². The maximum absolute atomic E-state index is 12.2. The predicted octanol–water partition coefficient (Wildman–Crippen LogP) is -11.1. The maximum atomic E-state index is 12.2. The van der Waals surface area contributed by atoms with Crippen LogP contribution < -0.4 is 0 Å². The van der Waals surface area contributed by atoms with Gasteiger partial charge in [0.25, 0.3) is 0 Å². The van der Waals surface area contributed by atoms with Crippen LogP contribution in [-0.2, 0) is 23.4 Å². The molecule has 0 aromatic carbocycles. The minimum absolute atomic E-state index is 1.15. The zero-order valence-corrected chi connectivity index (χ0v) is 22.7. The summed E-state index contributed by atoms with van der Waals surface area (Å²) < 4.78 is 13.4. The van der Waals surface area contributed by atoms with Gasteiger partial charge in [0.2, 0.25) is 0 Å². The van der Waals surface area contributed by atoms with Crippen molar-refractivity contribution in [2.45, 2.75) is 73.2 Å². The summed E-state index contributed by atoms with van der Waals surface area (Å²) >= 11 is -5.39. The van der Waals surface area contributed by atoms with Gasteiger partial charge in [0.15, 0.2) is 0 Å².